The van der Waals surface area contributed by atoms with Gasteiger partial charge in [-0.3, -0.25) is 20.2 Å². The number of carbonyl (C=O) groups is 2. The monoisotopic (exact) mass is 1630 g/mol. The number of esters is 1. The molecule has 0 atom stereocenters. The van der Waals surface area contributed by atoms with Gasteiger partial charge in [0.1, 0.15) is 45.3 Å². The van der Waals surface area contributed by atoms with Crippen molar-refractivity contribution in [2.45, 2.75) is 40.5 Å². The molecule has 0 saturated heterocycles. The first kappa shape index (κ1) is 74.0. The Morgan fingerprint density at radius 1 is 0.592 bits per heavy atom. The molecule has 7 N–H and O–H groups in total. The van der Waals surface area contributed by atoms with E-state index in [2.05, 4.69) is 109 Å². The Kier molecular flexibility index (Phi) is 28.4. The molecule has 12 rings (SSSR count). The molecule has 0 saturated carbocycles. The Hall–Kier alpha value is -9.85. The van der Waals surface area contributed by atoms with E-state index in [4.69, 9.17) is 16.3 Å². The first-order valence-corrected chi connectivity index (χ1v) is 34.6. The van der Waals surface area contributed by atoms with Gasteiger partial charge in [-0.15, -0.1) is 11.3 Å². The molecule has 0 spiro atoms. The van der Waals surface area contributed by atoms with E-state index in [0.717, 1.165) is 65.2 Å². The van der Waals surface area contributed by atoms with E-state index in [1.54, 1.807) is 105 Å². The summed E-state index contributed by atoms with van der Waals surface area (Å²) in [5, 5.41) is 61.7. The van der Waals surface area contributed by atoms with Crippen LogP contribution in [0.5, 0.6) is 28.7 Å². The summed E-state index contributed by atoms with van der Waals surface area (Å²) >= 11 is 15.0. The van der Waals surface area contributed by atoms with Crippen LogP contribution in [0.2, 0.25) is 5.02 Å². The molecule has 0 aliphatic rings. The van der Waals surface area contributed by atoms with Crippen molar-refractivity contribution in [1.82, 2.24) is 9.97 Å². The highest BCUT2D eigenvalue weighted by Gasteiger charge is 2.19. The van der Waals surface area contributed by atoms with Crippen molar-refractivity contribution >= 4 is 170 Å². The number of phenolic OH excluding ortho intramolecular Hbond substituents is 5. The van der Waals surface area contributed by atoms with Gasteiger partial charge in [-0.05, 0) is 236 Å². The number of aromatic hydroxyl groups is 5. The number of nitrogens with zero attached hydrogens (tertiary/aromatic N) is 6. The second kappa shape index (κ2) is 37.6. The van der Waals surface area contributed by atoms with Gasteiger partial charge in [0.05, 0.1) is 28.5 Å². The molecule has 0 bridgehead atoms. The molecular weight excluding hydrogens is 1570 g/mol. The maximum atomic E-state index is 12.2. The van der Waals surface area contributed by atoms with Gasteiger partial charge in [-0.25, -0.2) is 19.8 Å². The molecule has 1 amide bonds. The van der Waals surface area contributed by atoms with Gasteiger partial charge in [0.2, 0.25) is 0 Å². The lowest BCUT2D eigenvalue weighted by molar-refractivity contribution is 0.0528. The summed E-state index contributed by atoms with van der Waals surface area (Å²) in [6.45, 7) is 7.97. The zero-order valence-electron chi connectivity index (χ0n) is 53.4. The van der Waals surface area contributed by atoms with E-state index in [-0.39, 0.29) is 34.7 Å². The smallest absolute Gasteiger partial charge is 0.341 e. The van der Waals surface area contributed by atoms with Gasteiger partial charge in [0.15, 0.2) is 5.82 Å². The maximum absolute atomic E-state index is 12.2. The summed E-state index contributed by atoms with van der Waals surface area (Å²) in [6.07, 6.45) is 11.5. The summed E-state index contributed by atoms with van der Waals surface area (Å²) in [5.74, 6) is 1.51. The number of benzene rings is 9. The number of rotatable bonds is 15. The number of amides is 1. The summed E-state index contributed by atoms with van der Waals surface area (Å²) < 4.78 is 7.77. The zero-order valence-corrected chi connectivity index (χ0v) is 60.8. The fourth-order valence-electron chi connectivity index (χ4n) is 9.07. The number of hydrogen-bond acceptors (Lipinski definition) is 16. The van der Waals surface area contributed by atoms with Crippen molar-refractivity contribution in [3.63, 3.8) is 0 Å². The minimum Gasteiger partial charge on any atom is -0.507 e. The van der Waals surface area contributed by atoms with E-state index in [9.17, 15) is 35.1 Å². The van der Waals surface area contributed by atoms with Crippen LogP contribution < -0.4 is 10.7 Å². The lowest BCUT2D eigenvalue weighted by Crippen LogP contribution is -2.14. The Morgan fingerprint density at radius 3 is 1.84 bits per heavy atom. The topological polar surface area (TPSA) is 244 Å². The molecule has 3 heterocycles. The molecule has 0 radical (unpaired) electrons. The number of halogens is 4. The molecule has 0 aliphatic carbocycles. The van der Waals surface area contributed by atoms with Crippen LogP contribution >= 0.6 is 84.0 Å². The number of hydrogen-bond donors (Lipinski definition) is 7. The lowest BCUT2D eigenvalue weighted by Gasteiger charge is -2.06. The normalized spacial score (nSPS) is 10.9. The van der Waals surface area contributed by atoms with Crippen molar-refractivity contribution in [2.24, 2.45) is 20.1 Å². The fraction of sp³-hybridized carbons (Fsp3) is 0.0909. The molecule has 12 aromatic rings. The second-order valence-corrected chi connectivity index (χ2v) is 25.9. The number of pyridine rings is 2. The molecule has 496 valence electrons. The van der Waals surface area contributed by atoms with Gasteiger partial charge in [0.25, 0.3) is 5.91 Å². The Balaban J connectivity index is 0.000000156. The minimum atomic E-state index is -0.406. The van der Waals surface area contributed by atoms with Crippen molar-refractivity contribution in [2.75, 3.05) is 17.3 Å². The molecule has 0 aliphatic heterocycles. The summed E-state index contributed by atoms with van der Waals surface area (Å²) in [6, 6.07) is 65.0. The maximum Gasteiger partial charge on any atom is 0.341 e. The number of nitrogens with one attached hydrogen (secondary N) is 2. The molecule has 9 aromatic carbocycles. The van der Waals surface area contributed by atoms with Crippen LogP contribution in [0.3, 0.4) is 0 Å². The van der Waals surface area contributed by atoms with Crippen LogP contribution in [0.4, 0.5) is 28.0 Å². The van der Waals surface area contributed by atoms with E-state index in [1.807, 2.05) is 159 Å². The number of fused-ring (bicyclic) bond motifs is 2. The average Bonchev–Trinajstić information content (AvgIpc) is 0.843. The zero-order chi connectivity index (χ0) is 69.9. The van der Waals surface area contributed by atoms with Gasteiger partial charge in [-0.1, -0.05) is 123 Å². The number of aliphatic imine (C=N–C) groups is 3. The quantitative estimate of drug-likeness (QED) is 0.0220. The summed E-state index contributed by atoms with van der Waals surface area (Å²) in [5.41, 5.74) is 9.74. The van der Waals surface area contributed by atoms with Crippen molar-refractivity contribution in [1.29, 1.82) is 0 Å². The van der Waals surface area contributed by atoms with Crippen LogP contribution in [-0.4, -0.2) is 78.8 Å². The van der Waals surface area contributed by atoms with Gasteiger partial charge in [-0.2, -0.15) is 5.10 Å². The summed E-state index contributed by atoms with van der Waals surface area (Å²) in [7, 11) is 0. The molecular formula is C77H66BrClI2N8O8S. The number of ether oxygens (including phenoxy) is 1. The van der Waals surface area contributed by atoms with Crippen molar-refractivity contribution in [3.8, 4) is 28.7 Å². The van der Waals surface area contributed by atoms with Crippen molar-refractivity contribution in [3.05, 3.63) is 291 Å². The van der Waals surface area contributed by atoms with Crippen LogP contribution in [0.15, 0.2) is 249 Å². The molecule has 16 nitrogen and oxygen atoms in total. The van der Waals surface area contributed by atoms with Gasteiger partial charge >= 0.3 is 5.97 Å². The highest BCUT2D eigenvalue weighted by molar-refractivity contribution is 14.1. The standard InChI is InChI=1S/C17H12INO.C16H16INO2.C16H13N3O.C16H17NO3S.C12H8BrClN2O/c18-13-6-8-14(9-7-13)19-11-16-15-4-2-1-3-12(15)5-10-17(16)20;1-3-11-4-5-15(19)14(7-11)18-9-12-8-13(17)6-10(2)16(12)20;20-15-9-8-12-5-1-2-6-13(12)14(15)11-18-19-16-7-3-4-10-17-16;1-3-12-10-13(16(19)20-4-2)15(21-12)17-14(18)11-8-6-5-7-9-11;13-10-6-9(14)5-8(12(10)17)7-16-11-3-1-2-4-15-11/h1-11,20H;4-9,19-20H,3H2,1-2H3;1-11,20H,(H,17,19);5-10H,3-4H2,1-2H3,(H,17,18);1-7,17H/b;;18-11+;;. The van der Waals surface area contributed by atoms with Crippen molar-refractivity contribution < 1.29 is 39.9 Å². The SMILES string of the molecule is CCOC(=O)c1cc(CC)sc1NC(=O)c1ccccc1.CCc1ccc(O)c(N=Cc2cc(I)cc(C)c2O)c1.Oc1c(Br)cc(Cl)cc1C=Nc1ccccn1.Oc1ccc2ccccc2c1/C=N/Nc1ccccn1.Oc1ccc2ccccc2c1C=Nc1ccc(I)cc1. The number of carbonyl (C=O) groups excluding carboxylic acids is 2. The fourth-order valence-corrected chi connectivity index (χ4v) is 12.0. The Labute approximate surface area is 612 Å². The molecule has 21 heteroatoms. The highest BCUT2D eigenvalue weighted by atomic mass is 127. The van der Waals surface area contributed by atoms with Gasteiger partial charge < -0.3 is 35.6 Å². The van der Waals surface area contributed by atoms with E-state index in [0.29, 0.717) is 66.2 Å². The Morgan fingerprint density at radius 2 is 1.20 bits per heavy atom. The minimum absolute atomic E-state index is 0.106. The van der Waals surface area contributed by atoms with Crippen LogP contribution in [0.25, 0.3) is 21.5 Å². The first-order chi connectivity index (χ1) is 47.4. The number of hydrazone groups is 1. The molecule has 0 unspecified atom stereocenters. The number of thiophene rings is 1. The average molecular weight is 1630 g/mol. The second-order valence-electron chi connectivity index (χ2n) is 21.0. The molecule has 98 heavy (non-hydrogen) atoms. The number of aromatic nitrogens is 2. The number of phenols is 5. The van der Waals surface area contributed by atoms with E-state index >= 15 is 0 Å². The van der Waals surface area contributed by atoms with Crippen LogP contribution in [0, 0.1) is 14.1 Å². The predicted molar refractivity (Wildman–Crippen MR) is 420 cm³/mol. The predicted octanol–water partition coefficient (Wildman–Crippen LogP) is 20.3. The third-order valence-corrected chi connectivity index (χ3v) is 17.5. The highest BCUT2D eigenvalue weighted by Crippen LogP contribution is 2.34. The van der Waals surface area contributed by atoms with Crippen LogP contribution in [-0.2, 0) is 17.6 Å². The molecule has 0 fully saturated rings. The summed E-state index contributed by atoms with van der Waals surface area (Å²) in [4.78, 5) is 46.2. The number of anilines is 2. The van der Waals surface area contributed by atoms with Gasteiger partial charge in [0, 0.05) is 75.9 Å². The third kappa shape index (κ3) is 21.8. The largest absolute Gasteiger partial charge is 0.507 e. The lowest BCUT2D eigenvalue weighted by atomic mass is 10.0. The van der Waals surface area contributed by atoms with E-state index < -0.39 is 5.97 Å². The molecule has 3 aromatic heterocycles. The van der Waals surface area contributed by atoms with E-state index in [1.165, 1.54) is 21.1 Å². The first-order valence-electron chi connectivity index (χ1n) is 30.5. The third-order valence-electron chi connectivity index (χ3n) is 14.1. The number of aryl methyl sites for hydroxylation is 3. The van der Waals surface area contributed by atoms with Crippen LogP contribution in [0.1, 0.15) is 79.7 Å². The Bertz CT molecular complexity index is 4800.